The lowest BCUT2D eigenvalue weighted by atomic mass is 9.88. The number of nitrogens with zero attached hydrogens (tertiary/aromatic N) is 2. The molecule has 0 radical (unpaired) electrons. The largest absolute Gasteiger partial charge is 0.465 e. The number of hydrogen-bond acceptors (Lipinski definition) is 3. The van der Waals surface area contributed by atoms with Crippen LogP contribution in [-0.4, -0.2) is 58.6 Å². The van der Waals surface area contributed by atoms with Gasteiger partial charge in [0.2, 0.25) is 0 Å². The Hall–Kier alpha value is -1.79. The first-order valence-corrected chi connectivity index (χ1v) is 5.04. The van der Waals surface area contributed by atoms with Gasteiger partial charge in [0.05, 0.1) is 0 Å². The first kappa shape index (κ1) is 10.7. The van der Waals surface area contributed by atoms with Gasteiger partial charge in [-0.3, -0.25) is 9.69 Å². The SMILES string of the molecule is CN1C(=O)NC2(CCN(C(=O)O)CC2)C1=O. The summed E-state index contributed by atoms with van der Waals surface area (Å²) < 4.78 is 0. The molecular formula is C9H13N3O4. The molecule has 2 fully saturated rings. The highest BCUT2D eigenvalue weighted by Gasteiger charge is 2.51. The number of likely N-dealkylation sites (tertiary alicyclic amines) is 1. The molecule has 0 aromatic rings. The maximum absolute atomic E-state index is 11.8. The molecule has 0 aliphatic carbocycles. The van der Waals surface area contributed by atoms with E-state index >= 15 is 0 Å². The molecule has 16 heavy (non-hydrogen) atoms. The fourth-order valence-corrected chi connectivity index (χ4v) is 2.17. The van der Waals surface area contributed by atoms with Crippen LogP contribution < -0.4 is 5.32 Å². The highest BCUT2D eigenvalue weighted by molar-refractivity contribution is 6.06. The number of amides is 4. The first-order chi connectivity index (χ1) is 7.46. The summed E-state index contributed by atoms with van der Waals surface area (Å²) in [5.74, 6) is -0.262. The molecule has 0 aromatic heterocycles. The van der Waals surface area contributed by atoms with E-state index in [2.05, 4.69) is 5.32 Å². The van der Waals surface area contributed by atoms with Crippen LogP contribution in [0.5, 0.6) is 0 Å². The van der Waals surface area contributed by atoms with Crippen LogP contribution in [0, 0.1) is 0 Å². The zero-order chi connectivity index (χ0) is 11.9. The van der Waals surface area contributed by atoms with E-state index < -0.39 is 17.7 Å². The van der Waals surface area contributed by atoms with Gasteiger partial charge in [-0.1, -0.05) is 0 Å². The maximum Gasteiger partial charge on any atom is 0.407 e. The monoisotopic (exact) mass is 227 g/mol. The number of likely N-dealkylation sites (N-methyl/N-ethyl adjacent to an activating group) is 1. The first-order valence-electron chi connectivity index (χ1n) is 5.04. The van der Waals surface area contributed by atoms with E-state index in [-0.39, 0.29) is 19.0 Å². The van der Waals surface area contributed by atoms with Crippen LogP contribution in [0.25, 0.3) is 0 Å². The lowest BCUT2D eigenvalue weighted by Gasteiger charge is -2.35. The summed E-state index contributed by atoms with van der Waals surface area (Å²) in [6.07, 6.45) is -0.303. The van der Waals surface area contributed by atoms with Crippen molar-refractivity contribution >= 4 is 18.0 Å². The number of hydrogen-bond donors (Lipinski definition) is 2. The van der Waals surface area contributed by atoms with Gasteiger partial charge in [-0.15, -0.1) is 0 Å². The molecule has 7 heteroatoms. The number of carboxylic acid groups (broad SMARTS) is 1. The molecule has 0 aromatic carbocycles. The number of piperidine rings is 1. The van der Waals surface area contributed by atoms with Gasteiger partial charge in [0.1, 0.15) is 5.54 Å². The van der Waals surface area contributed by atoms with Gasteiger partial charge >= 0.3 is 12.1 Å². The number of carbonyl (C=O) groups is 3. The average Bonchev–Trinajstić information content (AvgIpc) is 2.45. The van der Waals surface area contributed by atoms with E-state index in [4.69, 9.17) is 5.11 Å². The Balaban J connectivity index is 2.11. The van der Waals surface area contributed by atoms with E-state index in [0.717, 1.165) is 4.90 Å². The summed E-state index contributed by atoms with van der Waals surface area (Å²) >= 11 is 0. The number of carbonyl (C=O) groups excluding carboxylic acids is 2. The molecule has 2 heterocycles. The predicted molar refractivity (Wildman–Crippen MR) is 52.9 cm³/mol. The van der Waals surface area contributed by atoms with Gasteiger partial charge in [-0.2, -0.15) is 0 Å². The van der Waals surface area contributed by atoms with Crippen molar-refractivity contribution in [3.63, 3.8) is 0 Å². The van der Waals surface area contributed by atoms with Crippen molar-refractivity contribution in [3.05, 3.63) is 0 Å². The van der Waals surface area contributed by atoms with Crippen LogP contribution in [0.2, 0.25) is 0 Å². The molecule has 2 aliphatic rings. The van der Waals surface area contributed by atoms with E-state index in [1.807, 2.05) is 0 Å². The van der Waals surface area contributed by atoms with Gasteiger partial charge in [0.15, 0.2) is 0 Å². The third kappa shape index (κ3) is 1.39. The topological polar surface area (TPSA) is 90.0 Å². The lowest BCUT2D eigenvalue weighted by molar-refractivity contribution is -0.131. The van der Waals surface area contributed by atoms with Crippen molar-refractivity contribution in [2.24, 2.45) is 0 Å². The average molecular weight is 227 g/mol. The fourth-order valence-electron chi connectivity index (χ4n) is 2.17. The summed E-state index contributed by atoms with van der Waals surface area (Å²) in [4.78, 5) is 36.2. The summed E-state index contributed by atoms with van der Waals surface area (Å²) in [6, 6.07) is -0.409. The van der Waals surface area contributed by atoms with Crippen LogP contribution in [0.15, 0.2) is 0 Å². The Morgan fingerprint density at radius 1 is 1.38 bits per heavy atom. The molecule has 0 atom stereocenters. The second-order valence-electron chi connectivity index (χ2n) is 4.15. The van der Waals surface area contributed by atoms with Crippen LogP contribution in [0.3, 0.4) is 0 Å². The van der Waals surface area contributed by atoms with E-state index in [0.29, 0.717) is 12.8 Å². The maximum atomic E-state index is 11.8. The second kappa shape index (κ2) is 3.36. The smallest absolute Gasteiger partial charge is 0.407 e. The number of rotatable bonds is 0. The molecule has 7 nitrogen and oxygen atoms in total. The zero-order valence-corrected chi connectivity index (χ0v) is 8.89. The molecule has 0 unspecified atom stereocenters. The van der Waals surface area contributed by atoms with Gasteiger partial charge in [0, 0.05) is 20.1 Å². The van der Waals surface area contributed by atoms with E-state index in [9.17, 15) is 14.4 Å². The lowest BCUT2D eigenvalue weighted by Crippen LogP contribution is -2.55. The highest BCUT2D eigenvalue weighted by Crippen LogP contribution is 2.28. The summed E-state index contributed by atoms with van der Waals surface area (Å²) in [7, 11) is 1.43. The third-order valence-electron chi connectivity index (χ3n) is 3.25. The molecule has 2 saturated heterocycles. The second-order valence-corrected chi connectivity index (χ2v) is 4.15. The van der Waals surface area contributed by atoms with Crippen molar-refractivity contribution in [3.8, 4) is 0 Å². The Bertz CT molecular complexity index is 360. The fraction of sp³-hybridized carbons (Fsp3) is 0.667. The minimum absolute atomic E-state index is 0.262. The quantitative estimate of drug-likeness (QED) is 0.555. The number of urea groups is 1. The van der Waals surface area contributed by atoms with Crippen molar-refractivity contribution in [2.45, 2.75) is 18.4 Å². The normalized spacial score (nSPS) is 23.8. The molecular weight excluding hydrogens is 214 g/mol. The van der Waals surface area contributed by atoms with Crippen molar-refractivity contribution in [1.29, 1.82) is 0 Å². The van der Waals surface area contributed by atoms with E-state index in [1.54, 1.807) is 0 Å². The number of imide groups is 1. The van der Waals surface area contributed by atoms with Crippen LogP contribution in [0.1, 0.15) is 12.8 Å². The van der Waals surface area contributed by atoms with Crippen LogP contribution in [-0.2, 0) is 4.79 Å². The molecule has 4 amide bonds. The van der Waals surface area contributed by atoms with Crippen molar-refractivity contribution < 1.29 is 19.5 Å². The van der Waals surface area contributed by atoms with Gasteiger partial charge in [-0.25, -0.2) is 9.59 Å². The van der Waals surface area contributed by atoms with Crippen molar-refractivity contribution in [2.75, 3.05) is 20.1 Å². The molecule has 88 valence electrons. The summed E-state index contributed by atoms with van der Waals surface area (Å²) in [5.41, 5.74) is -0.877. The van der Waals surface area contributed by atoms with Crippen molar-refractivity contribution in [1.82, 2.24) is 15.1 Å². The third-order valence-corrected chi connectivity index (χ3v) is 3.25. The molecule has 1 spiro atoms. The molecule has 2 aliphatic heterocycles. The molecule has 2 rings (SSSR count). The van der Waals surface area contributed by atoms with Gasteiger partial charge in [-0.05, 0) is 12.8 Å². The van der Waals surface area contributed by atoms with E-state index in [1.165, 1.54) is 11.9 Å². The van der Waals surface area contributed by atoms with Crippen LogP contribution in [0.4, 0.5) is 9.59 Å². The predicted octanol–water partition coefficient (Wildman–Crippen LogP) is -0.319. The molecule has 0 bridgehead atoms. The Labute approximate surface area is 92.0 Å². The Morgan fingerprint density at radius 2 is 1.94 bits per heavy atom. The Morgan fingerprint density at radius 3 is 2.31 bits per heavy atom. The Kier molecular flexibility index (Phi) is 2.25. The molecule has 2 N–H and O–H groups in total. The highest BCUT2D eigenvalue weighted by atomic mass is 16.4. The number of nitrogens with one attached hydrogen (secondary N) is 1. The van der Waals surface area contributed by atoms with Crippen LogP contribution >= 0.6 is 0 Å². The minimum Gasteiger partial charge on any atom is -0.465 e. The van der Waals surface area contributed by atoms with Gasteiger partial charge in [0.25, 0.3) is 5.91 Å². The standard InChI is InChI=1S/C9H13N3O4/c1-11-6(13)9(10-7(11)14)2-4-12(5-3-9)8(15)16/h2-5H2,1H3,(H,10,14)(H,15,16). The summed E-state index contributed by atoms with van der Waals surface area (Å²) in [6.45, 7) is 0.546. The minimum atomic E-state index is -0.986. The van der Waals surface area contributed by atoms with Gasteiger partial charge < -0.3 is 15.3 Å². The molecule has 0 saturated carbocycles. The zero-order valence-electron chi connectivity index (χ0n) is 8.89. The summed E-state index contributed by atoms with van der Waals surface area (Å²) in [5, 5.41) is 11.4.